The maximum absolute atomic E-state index is 14.2. The summed E-state index contributed by atoms with van der Waals surface area (Å²) in [5.74, 6) is -0.239. The van der Waals surface area contributed by atoms with Crippen molar-refractivity contribution in [1.29, 1.82) is 0 Å². The second-order valence-electron chi connectivity index (χ2n) is 4.80. The molecule has 2 N–H and O–H groups in total. The Morgan fingerprint density at radius 1 is 1.41 bits per heavy atom. The number of hydrogen-bond acceptors (Lipinski definition) is 2. The van der Waals surface area contributed by atoms with E-state index < -0.39 is 0 Å². The van der Waals surface area contributed by atoms with E-state index >= 15 is 0 Å². The molecule has 1 rings (SSSR count). The minimum Gasteiger partial charge on any atom is -0.367 e. The van der Waals surface area contributed by atoms with Crippen LogP contribution in [0.5, 0.6) is 0 Å². The van der Waals surface area contributed by atoms with Crippen molar-refractivity contribution in [3.63, 3.8) is 0 Å². The van der Waals surface area contributed by atoms with Crippen molar-refractivity contribution in [1.82, 2.24) is 0 Å². The lowest BCUT2D eigenvalue weighted by atomic mass is 9.99. The number of nitrogens with two attached hydrogens (primary N) is 1. The first-order valence-corrected chi connectivity index (χ1v) is 6.55. The van der Waals surface area contributed by atoms with Crippen LogP contribution in [0, 0.1) is 5.82 Å². The molecule has 4 heteroatoms. The van der Waals surface area contributed by atoms with Gasteiger partial charge in [-0.1, -0.05) is 13.0 Å². The van der Waals surface area contributed by atoms with Crippen LogP contribution in [0.1, 0.15) is 32.8 Å². The molecule has 0 atom stereocenters. The van der Waals surface area contributed by atoms with Gasteiger partial charge in [0.1, 0.15) is 0 Å². The average Bonchev–Trinajstić information content (AvgIpc) is 2.31. The summed E-state index contributed by atoms with van der Waals surface area (Å²) in [5.41, 5.74) is 6.85. The lowest BCUT2D eigenvalue weighted by Crippen LogP contribution is -2.41. The molecule has 0 aliphatic rings. The smallest absolute Gasteiger partial charge is 0.160 e. The third-order valence-electron chi connectivity index (χ3n) is 3.50. The van der Waals surface area contributed by atoms with Crippen LogP contribution in [0.15, 0.2) is 16.6 Å². The molecule has 0 radical (unpaired) electrons. The molecular weight excluding hydrogens is 283 g/mol. The molecule has 0 spiro atoms. The number of rotatable bonds is 4. The van der Waals surface area contributed by atoms with Crippen molar-refractivity contribution in [3.05, 3.63) is 28.0 Å². The Hall–Kier alpha value is -0.610. The average molecular weight is 303 g/mol. The molecule has 0 aliphatic heterocycles. The van der Waals surface area contributed by atoms with E-state index in [9.17, 15) is 4.39 Å². The van der Waals surface area contributed by atoms with Crippen LogP contribution in [0.3, 0.4) is 0 Å². The van der Waals surface area contributed by atoms with Crippen LogP contribution in [0.25, 0.3) is 0 Å². The molecule has 0 unspecified atom stereocenters. The maximum atomic E-state index is 14.2. The Morgan fingerprint density at radius 3 is 2.47 bits per heavy atom. The van der Waals surface area contributed by atoms with Gasteiger partial charge >= 0.3 is 0 Å². The van der Waals surface area contributed by atoms with E-state index in [0.29, 0.717) is 16.7 Å². The molecule has 0 saturated heterocycles. The first-order chi connectivity index (χ1) is 7.85. The van der Waals surface area contributed by atoms with Gasteiger partial charge in [-0.15, -0.1) is 0 Å². The molecule has 96 valence electrons. The Balaban J connectivity index is 3.21. The second kappa shape index (κ2) is 5.36. The fourth-order valence-corrected chi connectivity index (χ4v) is 2.06. The van der Waals surface area contributed by atoms with Crippen molar-refractivity contribution >= 4 is 21.6 Å². The van der Waals surface area contributed by atoms with Crippen molar-refractivity contribution < 1.29 is 4.39 Å². The minimum atomic E-state index is -0.239. The van der Waals surface area contributed by atoms with E-state index in [1.165, 1.54) is 0 Å². The number of anilines is 1. The molecule has 0 bridgehead atoms. The van der Waals surface area contributed by atoms with Crippen LogP contribution >= 0.6 is 15.9 Å². The highest BCUT2D eigenvalue weighted by molar-refractivity contribution is 9.10. The summed E-state index contributed by atoms with van der Waals surface area (Å²) < 4.78 is 14.7. The zero-order valence-corrected chi connectivity index (χ0v) is 12.4. The predicted octanol–water partition coefficient (Wildman–Crippen LogP) is 3.67. The molecule has 17 heavy (non-hydrogen) atoms. The lowest BCUT2D eigenvalue weighted by molar-refractivity contribution is 0.462. The van der Waals surface area contributed by atoms with Crippen molar-refractivity contribution in [2.45, 2.75) is 39.3 Å². The number of nitrogens with zero attached hydrogens (tertiary/aromatic N) is 1. The standard InChI is InChI=1S/C13H20BrFN2/c1-5-13(2,3)17(4)10-7-6-9(8-16)11(14)12(10)15/h6-7H,5,8,16H2,1-4H3. The Labute approximate surface area is 111 Å². The zero-order chi connectivity index (χ0) is 13.2. The van der Waals surface area contributed by atoms with Gasteiger partial charge in [-0.3, -0.25) is 0 Å². The minimum absolute atomic E-state index is 0.0789. The van der Waals surface area contributed by atoms with Gasteiger partial charge in [0.15, 0.2) is 5.82 Å². The monoisotopic (exact) mass is 302 g/mol. The van der Waals surface area contributed by atoms with Gasteiger partial charge in [0.25, 0.3) is 0 Å². The summed E-state index contributed by atoms with van der Waals surface area (Å²) in [7, 11) is 1.91. The van der Waals surface area contributed by atoms with Crippen LogP contribution in [0.4, 0.5) is 10.1 Å². The van der Waals surface area contributed by atoms with Crippen LogP contribution in [0.2, 0.25) is 0 Å². The maximum Gasteiger partial charge on any atom is 0.160 e. The van der Waals surface area contributed by atoms with E-state index in [2.05, 4.69) is 36.7 Å². The molecule has 2 nitrogen and oxygen atoms in total. The Kier molecular flexibility index (Phi) is 4.55. The molecule has 0 amide bonds. The van der Waals surface area contributed by atoms with Crippen molar-refractivity contribution in [2.24, 2.45) is 5.73 Å². The third kappa shape index (κ3) is 2.80. The number of halogens is 2. The molecule has 1 aromatic carbocycles. The van der Waals surface area contributed by atoms with Gasteiger partial charge in [-0.05, 0) is 47.8 Å². The molecule has 0 aliphatic carbocycles. The molecule has 1 aromatic rings. The fraction of sp³-hybridized carbons (Fsp3) is 0.538. The molecule has 0 heterocycles. The molecule has 0 fully saturated rings. The van der Waals surface area contributed by atoms with E-state index in [1.807, 2.05) is 18.0 Å². The summed E-state index contributed by atoms with van der Waals surface area (Å²) >= 11 is 3.27. The highest BCUT2D eigenvalue weighted by Crippen LogP contribution is 2.32. The van der Waals surface area contributed by atoms with E-state index in [4.69, 9.17) is 5.73 Å². The summed E-state index contributed by atoms with van der Waals surface area (Å²) in [6, 6.07) is 3.66. The van der Waals surface area contributed by atoms with Crippen LogP contribution in [-0.4, -0.2) is 12.6 Å². The van der Waals surface area contributed by atoms with Crippen LogP contribution < -0.4 is 10.6 Å². The summed E-state index contributed by atoms with van der Waals surface area (Å²) in [5, 5.41) is 0. The van der Waals surface area contributed by atoms with Gasteiger partial charge in [0.05, 0.1) is 10.2 Å². The SMILES string of the molecule is CCC(C)(C)N(C)c1ccc(CN)c(Br)c1F. The summed E-state index contributed by atoms with van der Waals surface area (Å²) in [6.07, 6.45) is 0.944. The van der Waals surface area contributed by atoms with Gasteiger partial charge < -0.3 is 10.6 Å². The Bertz CT molecular complexity index is 405. The van der Waals surface area contributed by atoms with Gasteiger partial charge in [-0.25, -0.2) is 4.39 Å². The first-order valence-electron chi connectivity index (χ1n) is 5.76. The second-order valence-corrected chi connectivity index (χ2v) is 5.59. The Morgan fingerprint density at radius 2 is 2.00 bits per heavy atom. The van der Waals surface area contributed by atoms with Gasteiger partial charge in [0, 0.05) is 19.1 Å². The van der Waals surface area contributed by atoms with E-state index in [0.717, 1.165) is 12.0 Å². The topological polar surface area (TPSA) is 29.3 Å². The number of benzene rings is 1. The largest absolute Gasteiger partial charge is 0.367 e. The zero-order valence-electron chi connectivity index (χ0n) is 10.8. The summed E-state index contributed by atoms with van der Waals surface area (Å²) in [4.78, 5) is 1.97. The fourth-order valence-electron chi connectivity index (χ4n) is 1.56. The first kappa shape index (κ1) is 14.5. The molecule has 0 aromatic heterocycles. The van der Waals surface area contributed by atoms with Gasteiger partial charge in [0.2, 0.25) is 0 Å². The van der Waals surface area contributed by atoms with E-state index in [1.54, 1.807) is 6.07 Å². The highest BCUT2D eigenvalue weighted by atomic mass is 79.9. The quantitative estimate of drug-likeness (QED) is 0.919. The third-order valence-corrected chi connectivity index (χ3v) is 4.35. The van der Waals surface area contributed by atoms with Gasteiger partial charge in [-0.2, -0.15) is 0 Å². The highest BCUT2D eigenvalue weighted by Gasteiger charge is 2.24. The lowest BCUT2D eigenvalue weighted by Gasteiger charge is -2.37. The van der Waals surface area contributed by atoms with Crippen molar-refractivity contribution in [2.75, 3.05) is 11.9 Å². The van der Waals surface area contributed by atoms with E-state index in [-0.39, 0.29) is 11.4 Å². The normalized spacial score (nSPS) is 11.7. The summed E-state index contributed by atoms with van der Waals surface area (Å²) in [6.45, 7) is 6.62. The van der Waals surface area contributed by atoms with Crippen LogP contribution in [-0.2, 0) is 6.54 Å². The molecular formula is C13H20BrFN2. The van der Waals surface area contributed by atoms with Crippen molar-refractivity contribution in [3.8, 4) is 0 Å². The number of hydrogen-bond donors (Lipinski definition) is 1. The predicted molar refractivity (Wildman–Crippen MR) is 74.8 cm³/mol. The molecule has 0 saturated carbocycles.